The third kappa shape index (κ3) is 5.82. The monoisotopic (exact) mass is 325 g/mol. The topological polar surface area (TPSA) is 40.5 Å². The Morgan fingerprint density at radius 2 is 1.38 bits per heavy atom. The maximum absolute atomic E-state index is 11.3. The maximum atomic E-state index is 11.3. The number of rotatable bonds is 9. The smallest absolute Gasteiger partial charge is 0.309 e. The van der Waals surface area contributed by atoms with Crippen LogP contribution in [0.25, 0.3) is 0 Å². The summed E-state index contributed by atoms with van der Waals surface area (Å²) in [6.45, 7) is 6.25. The van der Waals surface area contributed by atoms with E-state index in [0.717, 1.165) is 26.1 Å². The fraction of sp³-hybridized carbons (Fsp3) is 0.381. The molecule has 3 nitrogen and oxygen atoms in total. The van der Waals surface area contributed by atoms with Gasteiger partial charge in [-0.2, -0.15) is 0 Å². The lowest BCUT2D eigenvalue weighted by molar-refractivity contribution is -0.147. The number of nitrogens with zero attached hydrogens (tertiary/aromatic N) is 1. The molecule has 2 aromatic carbocycles. The molecule has 0 atom stereocenters. The van der Waals surface area contributed by atoms with Crippen LogP contribution in [0.1, 0.15) is 37.8 Å². The van der Waals surface area contributed by atoms with Gasteiger partial charge in [-0.25, -0.2) is 0 Å². The van der Waals surface area contributed by atoms with E-state index in [9.17, 15) is 9.90 Å². The maximum Gasteiger partial charge on any atom is 0.309 e. The van der Waals surface area contributed by atoms with Gasteiger partial charge < -0.3 is 5.11 Å². The van der Waals surface area contributed by atoms with E-state index in [1.807, 2.05) is 12.1 Å². The van der Waals surface area contributed by atoms with Gasteiger partial charge in [-0.05, 0) is 44.4 Å². The summed E-state index contributed by atoms with van der Waals surface area (Å²) in [5.74, 6) is -0.722. The Labute approximate surface area is 144 Å². The molecule has 0 unspecified atom stereocenters. The molecule has 0 radical (unpaired) electrons. The average Bonchev–Trinajstić information content (AvgIpc) is 2.56. The first kappa shape index (κ1) is 18.2. The molecule has 0 aliphatic carbocycles. The van der Waals surface area contributed by atoms with Crippen LogP contribution < -0.4 is 0 Å². The van der Waals surface area contributed by atoms with E-state index in [1.165, 1.54) is 11.1 Å². The molecule has 1 N–H and O–H groups in total. The van der Waals surface area contributed by atoms with Crippen molar-refractivity contribution in [1.82, 2.24) is 4.90 Å². The second-order valence-electron chi connectivity index (χ2n) is 6.97. The number of carboxylic acid groups (broad SMARTS) is 1. The molecule has 128 valence electrons. The molecule has 0 spiro atoms. The molecule has 2 aromatic rings. The summed E-state index contributed by atoms with van der Waals surface area (Å²) in [4.78, 5) is 13.7. The second kappa shape index (κ2) is 8.65. The third-order valence-electron chi connectivity index (χ3n) is 4.35. The zero-order chi connectivity index (χ0) is 17.4. The SMILES string of the molecule is CC(C)(CCCN(Cc1ccccc1)Cc1ccccc1)C(=O)O. The van der Waals surface area contributed by atoms with E-state index < -0.39 is 11.4 Å². The van der Waals surface area contributed by atoms with Crippen molar-refractivity contribution in [3.63, 3.8) is 0 Å². The van der Waals surface area contributed by atoms with Crippen LogP contribution in [0.2, 0.25) is 0 Å². The summed E-state index contributed by atoms with van der Waals surface area (Å²) in [7, 11) is 0. The van der Waals surface area contributed by atoms with Crippen molar-refractivity contribution in [3.8, 4) is 0 Å². The minimum atomic E-state index is -0.722. The van der Waals surface area contributed by atoms with Gasteiger partial charge in [0.05, 0.1) is 5.41 Å². The highest BCUT2D eigenvalue weighted by Crippen LogP contribution is 2.23. The van der Waals surface area contributed by atoms with Crippen molar-refractivity contribution in [2.24, 2.45) is 5.41 Å². The Morgan fingerprint density at radius 3 is 1.79 bits per heavy atom. The van der Waals surface area contributed by atoms with Crippen LogP contribution in [-0.2, 0) is 17.9 Å². The van der Waals surface area contributed by atoms with Crippen molar-refractivity contribution < 1.29 is 9.90 Å². The molecule has 0 aliphatic rings. The van der Waals surface area contributed by atoms with Gasteiger partial charge in [0.25, 0.3) is 0 Å². The van der Waals surface area contributed by atoms with E-state index in [2.05, 4.69) is 53.4 Å². The van der Waals surface area contributed by atoms with Crippen molar-refractivity contribution >= 4 is 5.97 Å². The Bertz CT molecular complexity index is 581. The lowest BCUT2D eigenvalue weighted by Gasteiger charge is -2.25. The summed E-state index contributed by atoms with van der Waals surface area (Å²) >= 11 is 0. The fourth-order valence-electron chi connectivity index (χ4n) is 2.75. The largest absolute Gasteiger partial charge is 0.481 e. The fourth-order valence-corrected chi connectivity index (χ4v) is 2.75. The summed E-state index contributed by atoms with van der Waals surface area (Å²) in [5.41, 5.74) is 1.90. The van der Waals surface area contributed by atoms with E-state index in [-0.39, 0.29) is 0 Å². The van der Waals surface area contributed by atoms with Crippen LogP contribution in [0.15, 0.2) is 60.7 Å². The molecule has 0 fully saturated rings. The zero-order valence-electron chi connectivity index (χ0n) is 14.6. The molecule has 0 heterocycles. The molecule has 0 bridgehead atoms. The molecule has 0 amide bonds. The van der Waals surface area contributed by atoms with Crippen molar-refractivity contribution in [2.45, 2.75) is 39.8 Å². The van der Waals surface area contributed by atoms with Crippen LogP contribution in [0.4, 0.5) is 0 Å². The van der Waals surface area contributed by atoms with Gasteiger partial charge in [-0.1, -0.05) is 60.7 Å². The van der Waals surface area contributed by atoms with E-state index in [0.29, 0.717) is 6.42 Å². The Kier molecular flexibility index (Phi) is 6.56. The van der Waals surface area contributed by atoms with Crippen LogP contribution in [0.5, 0.6) is 0 Å². The first-order valence-corrected chi connectivity index (χ1v) is 8.51. The van der Waals surface area contributed by atoms with Crippen LogP contribution in [0.3, 0.4) is 0 Å². The van der Waals surface area contributed by atoms with Crippen LogP contribution >= 0.6 is 0 Å². The molecule has 2 rings (SSSR count). The van der Waals surface area contributed by atoms with Crippen LogP contribution in [-0.4, -0.2) is 22.5 Å². The van der Waals surface area contributed by atoms with Crippen molar-refractivity contribution in [1.29, 1.82) is 0 Å². The van der Waals surface area contributed by atoms with Gasteiger partial charge in [-0.3, -0.25) is 9.69 Å². The Morgan fingerprint density at radius 1 is 0.917 bits per heavy atom. The highest BCUT2D eigenvalue weighted by Gasteiger charge is 2.26. The third-order valence-corrected chi connectivity index (χ3v) is 4.35. The summed E-state index contributed by atoms with van der Waals surface area (Å²) in [6, 6.07) is 20.8. The van der Waals surface area contributed by atoms with Gasteiger partial charge in [0.1, 0.15) is 0 Å². The first-order valence-electron chi connectivity index (χ1n) is 8.51. The van der Waals surface area contributed by atoms with E-state index >= 15 is 0 Å². The molecule has 0 saturated carbocycles. The number of hydrogen-bond donors (Lipinski definition) is 1. The van der Waals surface area contributed by atoms with Crippen molar-refractivity contribution in [2.75, 3.05) is 6.54 Å². The molecular formula is C21H27NO2. The number of carbonyl (C=O) groups is 1. The normalized spacial score (nSPS) is 11.6. The number of benzene rings is 2. The van der Waals surface area contributed by atoms with E-state index in [1.54, 1.807) is 13.8 Å². The van der Waals surface area contributed by atoms with Gasteiger partial charge in [0.15, 0.2) is 0 Å². The average molecular weight is 325 g/mol. The van der Waals surface area contributed by atoms with Gasteiger partial charge in [0.2, 0.25) is 0 Å². The predicted molar refractivity (Wildman–Crippen MR) is 97.6 cm³/mol. The van der Waals surface area contributed by atoms with Gasteiger partial charge in [0, 0.05) is 13.1 Å². The lowest BCUT2D eigenvalue weighted by atomic mass is 9.88. The van der Waals surface area contributed by atoms with Crippen LogP contribution in [0, 0.1) is 5.41 Å². The molecule has 0 aromatic heterocycles. The zero-order valence-corrected chi connectivity index (χ0v) is 14.6. The Hall–Kier alpha value is -2.13. The summed E-state index contributed by atoms with van der Waals surface area (Å²) in [6.07, 6.45) is 1.56. The molecular weight excluding hydrogens is 298 g/mol. The second-order valence-corrected chi connectivity index (χ2v) is 6.97. The molecule has 0 saturated heterocycles. The van der Waals surface area contributed by atoms with Gasteiger partial charge in [-0.15, -0.1) is 0 Å². The highest BCUT2D eigenvalue weighted by atomic mass is 16.4. The van der Waals surface area contributed by atoms with E-state index in [4.69, 9.17) is 0 Å². The number of hydrogen-bond acceptors (Lipinski definition) is 2. The standard InChI is InChI=1S/C21H27NO2/c1-21(2,20(23)24)14-9-15-22(16-18-10-5-3-6-11-18)17-19-12-7-4-8-13-19/h3-8,10-13H,9,14-17H2,1-2H3,(H,23,24). The molecule has 0 aliphatic heterocycles. The quantitative estimate of drug-likeness (QED) is 0.733. The summed E-state index contributed by atoms with van der Waals surface area (Å²) in [5, 5.41) is 9.26. The van der Waals surface area contributed by atoms with Crippen molar-refractivity contribution in [3.05, 3.63) is 71.8 Å². The lowest BCUT2D eigenvalue weighted by Crippen LogP contribution is -2.28. The Balaban J connectivity index is 1.98. The molecule has 3 heteroatoms. The first-order chi connectivity index (χ1) is 11.5. The highest BCUT2D eigenvalue weighted by molar-refractivity contribution is 5.73. The number of carboxylic acids is 1. The predicted octanol–water partition coefficient (Wildman–Crippen LogP) is 4.58. The minimum absolute atomic E-state index is 0.662. The van der Waals surface area contributed by atoms with Gasteiger partial charge >= 0.3 is 5.97 Å². The molecule has 24 heavy (non-hydrogen) atoms. The number of aliphatic carboxylic acids is 1. The minimum Gasteiger partial charge on any atom is -0.481 e. The summed E-state index contributed by atoms with van der Waals surface area (Å²) < 4.78 is 0.